The van der Waals surface area contributed by atoms with E-state index < -0.39 is 16.0 Å². The first-order valence-electron chi connectivity index (χ1n) is 10.1. The van der Waals surface area contributed by atoms with Crippen LogP contribution in [0.15, 0.2) is 59.6 Å². The molecule has 1 saturated heterocycles. The molecule has 1 aliphatic heterocycles. The Morgan fingerprint density at radius 3 is 2.47 bits per heavy atom. The first kappa shape index (κ1) is 21.8. The summed E-state index contributed by atoms with van der Waals surface area (Å²) in [5.74, 6) is -0.492. The van der Waals surface area contributed by atoms with E-state index in [0.717, 1.165) is 10.9 Å². The lowest BCUT2D eigenvalue weighted by Gasteiger charge is -2.34. The second-order valence-corrected chi connectivity index (χ2v) is 9.48. The monoisotopic (exact) mass is 456 g/mol. The number of sulfonamides is 1. The summed E-state index contributed by atoms with van der Waals surface area (Å²) < 4.78 is 34.2. The summed E-state index contributed by atoms with van der Waals surface area (Å²) in [5.41, 5.74) is 1.75. The summed E-state index contributed by atoms with van der Waals surface area (Å²) >= 11 is 0. The second kappa shape index (κ2) is 8.64. The Bertz CT molecular complexity index is 1280. The summed E-state index contributed by atoms with van der Waals surface area (Å²) in [6.07, 6.45) is 1.89. The van der Waals surface area contributed by atoms with Crippen LogP contribution in [0, 0.1) is 0 Å². The van der Waals surface area contributed by atoms with E-state index in [0.29, 0.717) is 11.3 Å². The van der Waals surface area contributed by atoms with Gasteiger partial charge in [-0.15, -0.1) is 0 Å². The third-order valence-corrected chi connectivity index (χ3v) is 7.45. The SMILES string of the molecule is COC(=O)c1cccc(NC(=O)N2CCN(S(=O)(=O)c3ccc4c(ccn4C)c3)CC2)c1. The molecule has 10 heteroatoms. The van der Waals surface area contributed by atoms with Crippen molar-refractivity contribution in [3.8, 4) is 0 Å². The van der Waals surface area contributed by atoms with Crippen LogP contribution in [0.4, 0.5) is 10.5 Å². The van der Waals surface area contributed by atoms with Gasteiger partial charge in [0.05, 0.1) is 17.6 Å². The van der Waals surface area contributed by atoms with Gasteiger partial charge in [-0.1, -0.05) is 6.07 Å². The fraction of sp³-hybridized carbons (Fsp3) is 0.273. The highest BCUT2D eigenvalue weighted by Crippen LogP contribution is 2.23. The van der Waals surface area contributed by atoms with E-state index in [1.807, 2.05) is 23.9 Å². The molecule has 0 radical (unpaired) electrons. The zero-order chi connectivity index (χ0) is 22.9. The molecule has 0 bridgehead atoms. The van der Waals surface area contributed by atoms with Crippen LogP contribution in [0.5, 0.6) is 0 Å². The van der Waals surface area contributed by atoms with E-state index in [1.54, 1.807) is 41.3 Å². The molecule has 168 valence electrons. The number of aryl methyl sites for hydroxylation is 1. The van der Waals surface area contributed by atoms with Crippen molar-refractivity contribution in [2.24, 2.45) is 7.05 Å². The van der Waals surface area contributed by atoms with Gasteiger partial charge in [0.1, 0.15) is 0 Å². The number of nitrogens with zero attached hydrogens (tertiary/aromatic N) is 3. The van der Waals surface area contributed by atoms with Gasteiger partial charge in [-0.25, -0.2) is 18.0 Å². The van der Waals surface area contributed by atoms with Crippen molar-refractivity contribution >= 4 is 38.6 Å². The maximum Gasteiger partial charge on any atom is 0.337 e. The number of ether oxygens (including phenoxy) is 1. The Morgan fingerprint density at radius 2 is 1.75 bits per heavy atom. The highest BCUT2D eigenvalue weighted by atomic mass is 32.2. The van der Waals surface area contributed by atoms with Crippen molar-refractivity contribution in [1.82, 2.24) is 13.8 Å². The molecule has 4 rings (SSSR count). The van der Waals surface area contributed by atoms with Crippen LogP contribution < -0.4 is 5.32 Å². The largest absolute Gasteiger partial charge is 0.465 e. The van der Waals surface area contributed by atoms with E-state index in [1.165, 1.54) is 17.5 Å². The van der Waals surface area contributed by atoms with Crippen molar-refractivity contribution < 1.29 is 22.7 Å². The number of benzene rings is 2. The van der Waals surface area contributed by atoms with Crippen molar-refractivity contribution in [3.05, 3.63) is 60.3 Å². The highest BCUT2D eigenvalue weighted by Gasteiger charge is 2.30. The van der Waals surface area contributed by atoms with Gasteiger partial charge in [-0.3, -0.25) is 0 Å². The topological polar surface area (TPSA) is 101 Å². The Balaban J connectivity index is 1.40. The van der Waals surface area contributed by atoms with E-state index in [2.05, 4.69) is 5.32 Å². The Kier molecular flexibility index (Phi) is 5.90. The average molecular weight is 457 g/mol. The van der Waals surface area contributed by atoms with E-state index in [9.17, 15) is 18.0 Å². The van der Waals surface area contributed by atoms with Crippen LogP contribution in [-0.2, 0) is 21.8 Å². The average Bonchev–Trinajstić information content (AvgIpc) is 3.19. The van der Waals surface area contributed by atoms with Crippen molar-refractivity contribution in [3.63, 3.8) is 0 Å². The first-order valence-corrected chi connectivity index (χ1v) is 11.5. The molecule has 1 fully saturated rings. The minimum absolute atomic E-state index is 0.199. The van der Waals surface area contributed by atoms with Gasteiger partial charge in [-0.05, 0) is 42.5 Å². The van der Waals surface area contributed by atoms with E-state index in [-0.39, 0.29) is 37.1 Å². The number of hydrogen-bond acceptors (Lipinski definition) is 5. The fourth-order valence-electron chi connectivity index (χ4n) is 3.75. The Morgan fingerprint density at radius 1 is 1.00 bits per heavy atom. The number of carbonyl (C=O) groups excluding carboxylic acids is 2. The predicted octanol–water partition coefficient (Wildman–Crippen LogP) is 2.50. The number of amides is 2. The van der Waals surface area contributed by atoms with Crippen molar-refractivity contribution in [2.45, 2.75) is 4.90 Å². The third-order valence-electron chi connectivity index (χ3n) is 5.56. The molecule has 1 aliphatic rings. The van der Waals surface area contributed by atoms with Gasteiger partial charge in [0, 0.05) is 56.0 Å². The standard InChI is InChI=1S/C22H24N4O5S/c1-24-9-8-16-15-19(6-7-20(16)24)32(29,30)26-12-10-25(11-13-26)22(28)23-18-5-3-4-17(14-18)21(27)31-2/h3-9,14-15H,10-13H2,1-2H3,(H,23,28). The van der Waals surface area contributed by atoms with Gasteiger partial charge >= 0.3 is 12.0 Å². The maximum absolute atomic E-state index is 13.1. The van der Waals surface area contributed by atoms with Crippen LogP contribution in [0.3, 0.4) is 0 Å². The van der Waals surface area contributed by atoms with Gasteiger partial charge in [0.25, 0.3) is 0 Å². The minimum atomic E-state index is -3.66. The number of hydrogen-bond donors (Lipinski definition) is 1. The number of rotatable bonds is 4. The molecule has 2 heterocycles. The van der Waals surface area contributed by atoms with Crippen LogP contribution in [-0.4, -0.2) is 67.5 Å². The summed E-state index contributed by atoms with van der Waals surface area (Å²) in [4.78, 5) is 26.1. The normalized spacial score (nSPS) is 15.0. The number of piperazine rings is 1. The zero-order valence-corrected chi connectivity index (χ0v) is 18.6. The minimum Gasteiger partial charge on any atom is -0.465 e. The van der Waals surface area contributed by atoms with E-state index in [4.69, 9.17) is 4.74 Å². The summed E-state index contributed by atoms with van der Waals surface area (Å²) in [6.45, 7) is 0.917. The maximum atomic E-state index is 13.1. The Hall–Kier alpha value is -3.37. The number of methoxy groups -OCH3 is 1. The number of aromatic nitrogens is 1. The quantitative estimate of drug-likeness (QED) is 0.608. The lowest BCUT2D eigenvalue weighted by Crippen LogP contribution is -2.51. The molecule has 2 aromatic carbocycles. The number of carbonyl (C=O) groups is 2. The lowest BCUT2D eigenvalue weighted by atomic mass is 10.2. The highest BCUT2D eigenvalue weighted by molar-refractivity contribution is 7.89. The van der Waals surface area contributed by atoms with Crippen molar-refractivity contribution in [2.75, 3.05) is 38.6 Å². The molecule has 1 N–H and O–H groups in total. The van der Waals surface area contributed by atoms with Gasteiger partial charge < -0.3 is 19.5 Å². The molecule has 1 aromatic heterocycles. The molecule has 9 nitrogen and oxygen atoms in total. The molecular formula is C22H24N4O5S. The number of nitrogens with one attached hydrogen (secondary N) is 1. The molecule has 0 saturated carbocycles. The molecule has 0 spiro atoms. The van der Waals surface area contributed by atoms with Gasteiger partial charge in [0.15, 0.2) is 0 Å². The number of anilines is 1. The van der Waals surface area contributed by atoms with Gasteiger partial charge in [0.2, 0.25) is 10.0 Å². The molecule has 0 aliphatic carbocycles. The lowest BCUT2D eigenvalue weighted by molar-refractivity contribution is 0.0600. The smallest absolute Gasteiger partial charge is 0.337 e. The zero-order valence-electron chi connectivity index (χ0n) is 17.8. The molecular weight excluding hydrogens is 432 g/mol. The van der Waals surface area contributed by atoms with Gasteiger partial charge in [-0.2, -0.15) is 4.31 Å². The van der Waals surface area contributed by atoms with Crippen LogP contribution in [0.2, 0.25) is 0 Å². The molecule has 32 heavy (non-hydrogen) atoms. The van der Waals surface area contributed by atoms with Crippen molar-refractivity contribution in [1.29, 1.82) is 0 Å². The molecule has 0 unspecified atom stereocenters. The molecule has 0 atom stereocenters. The predicted molar refractivity (Wildman–Crippen MR) is 120 cm³/mol. The number of fused-ring (bicyclic) bond motifs is 1. The fourth-order valence-corrected chi connectivity index (χ4v) is 5.20. The summed E-state index contributed by atoms with van der Waals surface area (Å²) in [7, 11) is -0.456. The second-order valence-electron chi connectivity index (χ2n) is 7.54. The Labute approximate surface area is 186 Å². The number of urea groups is 1. The number of esters is 1. The third kappa shape index (κ3) is 4.19. The summed E-state index contributed by atoms with van der Waals surface area (Å²) in [5, 5.41) is 3.61. The van der Waals surface area contributed by atoms with Crippen LogP contribution >= 0.6 is 0 Å². The summed E-state index contributed by atoms with van der Waals surface area (Å²) in [6, 6.07) is 13.1. The van der Waals surface area contributed by atoms with Crippen LogP contribution in [0.1, 0.15) is 10.4 Å². The first-order chi connectivity index (χ1) is 15.3. The molecule has 3 aromatic rings. The van der Waals surface area contributed by atoms with E-state index >= 15 is 0 Å². The van der Waals surface area contributed by atoms with Crippen LogP contribution in [0.25, 0.3) is 10.9 Å². The molecule has 2 amide bonds.